The zero-order chi connectivity index (χ0) is 16.4. The maximum absolute atomic E-state index is 10.7. The lowest BCUT2D eigenvalue weighted by molar-refractivity contribution is -0.0517. The molecule has 1 aromatic heterocycles. The molecule has 0 N–H and O–H groups in total. The Balaban J connectivity index is 0.000000192. The molecule has 3 rings (SSSR count). The number of hydrogen-bond acceptors (Lipinski definition) is 3. The fourth-order valence-electron chi connectivity index (χ4n) is 1.67. The first-order chi connectivity index (χ1) is 10.2. The van der Waals surface area contributed by atoms with Gasteiger partial charge in [0.2, 0.25) is 20.7 Å². The Morgan fingerprint density at radius 1 is 0.864 bits per heavy atom. The van der Waals surface area contributed by atoms with Crippen molar-refractivity contribution >= 4 is 41.6 Å². The lowest BCUT2D eigenvalue weighted by Crippen LogP contribution is -2.21. The number of alkyl halides is 3. The van der Waals surface area contributed by atoms with Crippen LogP contribution in [0.3, 0.4) is 0 Å². The first kappa shape index (κ1) is 16.6. The smallest absolute Gasteiger partial charge is 0.485 e. The molecule has 0 fully saturated rings. The number of hydrogen-bond donors (Lipinski definition) is 0. The zero-order valence-corrected chi connectivity index (χ0v) is 12.5. The highest BCUT2D eigenvalue weighted by molar-refractivity contribution is 7.86. The molecule has 0 aliphatic rings. The van der Waals surface area contributed by atoms with Crippen LogP contribution in [-0.2, 0) is 10.1 Å². The molecule has 3 aromatic rings. The summed E-state index contributed by atoms with van der Waals surface area (Å²) in [6, 6.07) is 19.3. The van der Waals surface area contributed by atoms with Gasteiger partial charge in [0, 0.05) is 22.9 Å². The molecule has 0 aliphatic heterocycles. The number of rotatable bonds is 0. The summed E-state index contributed by atoms with van der Waals surface area (Å²) >= 11 is 1.85. The van der Waals surface area contributed by atoms with Gasteiger partial charge in [-0.15, -0.1) is 0 Å². The fraction of sp³-hybridized carbons (Fsp3) is 0.0714. The van der Waals surface area contributed by atoms with Crippen molar-refractivity contribution in [3.63, 3.8) is 0 Å². The van der Waals surface area contributed by atoms with Crippen LogP contribution in [0.5, 0.6) is 0 Å². The van der Waals surface area contributed by atoms with E-state index in [1.807, 2.05) is 11.3 Å². The van der Waals surface area contributed by atoms with Crippen molar-refractivity contribution in [1.29, 1.82) is 0 Å². The van der Waals surface area contributed by atoms with Crippen LogP contribution in [0.1, 0.15) is 0 Å². The van der Waals surface area contributed by atoms with Crippen molar-refractivity contribution in [2.75, 3.05) is 0 Å². The summed E-state index contributed by atoms with van der Waals surface area (Å²) in [6.45, 7) is 0. The van der Waals surface area contributed by atoms with Gasteiger partial charge in [0.15, 0.2) is 10.1 Å². The molecule has 0 aliphatic carbocycles. The maximum atomic E-state index is 10.7. The standard InChI is InChI=1S/C13H9S.CHF3O3S/c1-3-7-12-10(5-1)9-11-6-2-4-8-13(11)14-12;2-1(3,4)8(5,6)7/h1-9H;(H,5,6,7)/q+1;/p-1. The molecule has 0 spiro atoms. The van der Waals surface area contributed by atoms with Crippen molar-refractivity contribution in [3.8, 4) is 0 Å². The van der Waals surface area contributed by atoms with Crippen LogP contribution in [0.25, 0.3) is 20.2 Å². The van der Waals surface area contributed by atoms with E-state index in [2.05, 4.69) is 54.6 Å². The first-order valence-corrected chi connectivity index (χ1v) is 8.14. The van der Waals surface area contributed by atoms with Gasteiger partial charge in [0.05, 0.1) is 0 Å². The van der Waals surface area contributed by atoms with Gasteiger partial charge in [-0.3, -0.25) is 0 Å². The van der Waals surface area contributed by atoms with Crippen LogP contribution in [0.4, 0.5) is 13.2 Å². The normalized spacial score (nSPS) is 12.0. The van der Waals surface area contributed by atoms with Gasteiger partial charge in [-0.25, -0.2) is 8.42 Å². The number of benzene rings is 2. The second kappa shape index (κ2) is 6.15. The minimum Gasteiger partial charge on any atom is -0.741 e. The van der Waals surface area contributed by atoms with E-state index in [-0.39, 0.29) is 0 Å². The molecule has 0 saturated heterocycles. The predicted octanol–water partition coefficient (Wildman–Crippen LogP) is 4.39. The second-order valence-electron chi connectivity index (χ2n) is 4.22. The molecule has 8 heteroatoms. The third-order valence-electron chi connectivity index (χ3n) is 2.65. The average Bonchev–Trinajstić information content (AvgIpc) is 2.43. The van der Waals surface area contributed by atoms with Gasteiger partial charge < -0.3 is 4.55 Å². The monoisotopic (exact) mass is 346 g/mol. The molecule has 116 valence electrons. The summed E-state index contributed by atoms with van der Waals surface area (Å²) in [5.41, 5.74) is -5.65. The summed E-state index contributed by atoms with van der Waals surface area (Å²) in [5, 5.41) is 2.66. The van der Waals surface area contributed by atoms with E-state index >= 15 is 0 Å². The molecule has 0 amide bonds. The summed E-state index contributed by atoms with van der Waals surface area (Å²) < 4.78 is 61.6. The Hall–Kier alpha value is -1.77. The van der Waals surface area contributed by atoms with Crippen LogP contribution < -0.4 is 0 Å². The van der Waals surface area contributed by atoms with Gasteiger partial charge in [0.1, 0.15) is 0 Å². The Morgan fingerprint density at radius 2 is 1.23 bits per heavy atom. The SMILES string of the molecule is O=S(=O)([O-])C(F)(F)F.c1ccc2[s+]c3ccccc3cc2c1. The van der Waals surface area contributed by atoms with Crippen LogP contribution in [-0.4, -0.2) is 18.5 Å². The molecule has 0 unspecified atom stereocenters. The minimum atomic E-state index is -6.09. The van der Waals surface area contributed by atoms with Gasteiger partial charge in [-0.05, 0) is 18.2 Å². The van der Waals surface area contributed by atoms with Crippen LogP contribution in [0.2, 0.25) is 0 Å². The largest absolute Gasteiger partial charge is 0.741 e. The van der Waals surface area contributed by atoms with Crippen molar-refractivity contribution in [2.24, 2.45) is 0 Å². The van der Waals surface area contributed by atoms with Crippen LogP contribution in [0, 0.1) is 0 Å². The lowest BCUT2D eigenvalue weighted by Gasteiger charge is -2.08. The zero-order valence-electron chi connectivity index (χ0n) is 10.9. The molecule has 1 heterocycles. The Labute approximate surface area is 128 Å². The molecular formula is C14H9F3O3S2. The fourth-order valence-corrected chi connectivity index (χ4v) is 2.69. The number of halogens is 3. The first-order valence-electron chi connectivity index (χ1n) is 5.91. The minimum absolute atomic E-state index is 1.33. The Kier molecular flexibility index (Phi) is 4.64. The average molecular weight is 346 g/mol. The molecule has 0 bridgehead atoms. The van der Waals surface area contributed by atoms with Gasteiger partial charge in [-0.2, -0.15) is 13.2 Å². The Bertz CT molecular complexity index is 801. The van der Waals surface area contributed by atoms with Crippen LogP contribution >= 0.6 is 11.3 Å². The molecule has 22 heavy (non-hydrogen) atoms. The van der Waals surface area contributed by atoms with Crippen molar-refractivity contribution < 1.29 is 26.1 Å². The summed E-state index contributed by atoms with van der Waals surface area (Å²) in [4.78, 5) is 0. The molecule has 2 aromatic carbocycles. The second-order valence-corrected chi connectivity index (χ2v) is 6.68. The quantitative estimate of drug-likeness (QED) is 0.263. The van der Waals surface area contributed by atoms with E-state index in [1.54, 1.807) is 0 Å². The third-order valence-corrected chi connectivity index (χ3v) is 4.40. The van der Waals surface area contributed by atoms with Gasteiger partial charge in [0.25, 0.3) is 0 Å². The van der Waals surface area contributed by atoms with Crippen LogP contribution in [0.15, 0.2) is 54.6 Å². The summed E-state index contributed by atoms with van der Waals surface area (Å²) in [5.74, 6) is 0. The van der Waals surface area contributed by atoms with E-state index < -0.39 is 15.6 Å². The van der Waals surface area contributed by atoms with E-state index in [1.165, 1.54) is 20.2 Å². The van der Waals surface area contributed by atoms with E-state index in [0.29, 0.717) is 0 Å². The lowest BCUT2D eigenvalue weighted by atomic mass is 10.2. The van der Waals surface area contributed by atoms with E-state index in [0.717, 1.165) is 0 Å². The molecular weight excluding hydrogens is 337 g/mol. The van der Waals surface area contributed by atoms with Crippen molar-refractivity contribution in [3.05, 3.63) is 54.6 Å². The van der Waals surface area contributed by atoms with Crippen molar-refractivity contribution in [2.45, 2.75) is 5.51 Å². The van der Waals surface area contributed by atoms with Crippen molar-refractivity contribution in [1.82, 2.24) is 0 Å². The molecule has 0 atom stereocenters. The Morgan fingerprint density at radius 3 is 1.59 bits per heavy atom. The summed E-state index contributed by atoms with van der Waals surface area (Å²) in [7, 11) is -6.09. The number of fused-ring (bicyclic) bond motifs is 2. The highest BCUT2D eigenvalue weighted by atomic mass is 32.2. The van der Waals surface area contributed by atoms with Gasteiger partial charge in [-0.1, -0.05) is 24.3 Å². The predicted molar refractivity (Wildman–Crippen MR) is 79.5 cm³/mol. The molecule has 0 radical (unpaired) electrons. The highest BCUT2D eigenvalue weighted by Crippen LogP contribution is 2.27. The van der Waals surface area contributed by atoms with E-state index in [9.17, 15) is 13.2 Å². The molecule has 3 nitrogen and oxygen atoms in total. The summed E-state index contributed by atoms with van der Waals surface area (Å²) in [6.07, 6.45) is 0. The maximum Gasteiger partial charge on any atom is 0.485 e. The van der Waals surface area contributed by atoms with Gasteiger partial charge >= 0.3 is 5.51 Å². The molecule has 0 saturated carbocycles. The third kappa shape index (κ3) is 3.90. The topological polar surface area (TPSA) is 57.2 Å². The highest BCUT2D eigenvalue weighted by Gasteiger charge is 2.36. The van der Waals surface area contributed by atoms with E-state index in [4.69, 9.17) is 13.0 Å².